The number of hydroxylamine groups is 1. The lowest BCUT2D eigenvalue weighted by Crippen LogP contribution is -2.49. The van der Waals surface area contributed by atoms with E-state index in [2.05, 4.69) is 15.8 Å². The second-order valence-corrected chi connectivity index (χ2v) is 11.8. The molecule has 0 aliphatic carbocycles. The second kappa shape index (κ2) is 13.6. The van der Waals surface area contributed by atoms with Crippen molar-refractivity contribution in [2.75, 3.05) is 32.1 Å². The van der Waals surface area contributed by atoms with Crippen molar-refractivity contribution >= 4 is 33.3 Å². The van der Waals surface area contributed by atoms with Crippen LogP contribution in [-0.4, -0.2) is 74.9 Å². The van der Waals surface area contributed by atoms with Crippen LogP contribution in [0.15, 0.2) is 65.7 Å². The largest absolute Gasteiger partial charge is 0.382 e. The number of nitrogens with zero attached hydrogens (tertiary/aromatic N) is 2. The Morgan fingerprint density at radius 2 is 1.70 bits per heavy atom. The summed E-state index contributed by atoms with van der Waals surface area (Å²) in [5, 5.41) is 2.66. The normalized spacial score (nSPS) is 18.8. The highest BCUT2D eigenvalue weighted by atomic mass is 32.2. The summed E-state index contributed by atoms with van der Waals surface area (Å²) in [6, 6.07) is 16.8. The number of amides is 2. The molecule has 0 bridgehead atoms. The van der Waals surface area contributed by atoms with E-state index >= 15 is 0 Å². The molecule has 2 heterocycles. The number of carbonyl (C=O) groups is 3. The van der Waals surface area contributed by atoms with Crippen LogP contribution in [-0.2, 0) is 39.5 Å². The maximum Gasteiger partial charge on any atom is 0.281 e. The van der Waals surface area contributed by atoms with Gasteiger partial charge in [0.05, 0.1) is 36.7 Å². The average Bonchev–Trinajstić information content (AvgIpc) is 3.47. The van der Waals surface area contributed by atoms with Gasteiger partial charge in [0.1, 0.15) is 0 Å². The van der Waals surface area contributed by atoms with E-state index in [0.29, 0.717) is 31.9 Å². The van der Waals surface area contributed by atoms with Crippen molar-refractivity contribution in [3.63, 3.8) is 0 Å². The van der Waals surface area contributed by atoms with Crippen LogP contribution >= 0.6 is 0 Å². The van der Waals surface area contributed by atoms with E-state index in [1.165, 1.54) is 0 Å². The molecular formula is C28H34N4O7S. The van der Waals surface area contributed by atoms with Crippen LogP contribution in [0.4, 0.5) is 0 Å². The van der Waals surface area contributed by atoms with Gasteiger partial charge in [-0.15, -0.1) is 5.48 Å². The lowest BCUT2D eigenvalue weighted by atomic mass is 10.0. The Morgan fingerprint density at radius 3 is 2.35 bits per heavy atom. The van der Waals surface area contributed by atoms with Crippen molar-refractivity contribution in [2.45, 2.75) is 37.7 Å². The number of sulfone groups is 1. The van der Waals surface area contributed by atoms with Gasteiger partial charge in [0.25, 0.3) is 5.90 Å². The van der Waals surface area contributed by atoms with Crippen molar-refractivity contribution < 1.29 is 32.4 Å². The van der Waals surface area contributed by atoms with E-state index in [1.54, 1.807) is 42.2 Å². The summed E-state index contributed by atoms with van der Waals surface area (Å²) in [5.74, 6) is -3.75. The van der Waals surface area contributed by atoms with Crippen LogP contribution in [0.25, 0.3) is 0 Å². The lowest BCUT2D eigenvalue weighted by molar-refractivity contribution is -0.139. The number of ketones is 1. The predicted molar refractivity (Wildman–Crippen MR) is 148 cm³/mol. The quantitative estimate of drug-likeness (QED) is 0.391. The number of morpholine rings is 1. The standard InChI is InChI=1S/C28H34N4O7S/c1-2-23(25(34)28-30-26(31-39-28)21-11-7-4-8-12-21)29-27(35)22(17-24(33)32-13-15-38-16-14-32)19-40(36,37)18-20-9-5-3-6-10-20/h3-12,22-23,26,31H,2,13-19H2,1H3,(H,29,35)/t22-,23-,26?/m0/s1. The fourth-order valence-electron chi connectivity index (χ4n) is 4.54. The van der Waals surface area contributed by atoms with Crippen molar-refractivity contribution in [1.82, 2.24) is 15.7 Å². The van der Waals surface area contributed by atoms with Crippen LogP contribution in [0.5, 0.6) is 0 Å². The zero-order chi connectivity index (χ0) is 28.5. The molecule has 0 spiro atoms. The number of carbonyl (C=O) groups excluding carboxylic acids is 3. The third-order valence-corrected chi connectivity index (χ3v) is 8.40. The minimum atomic E-state index is -3.77. The van der Waals surface area contributed by atoms with Gasteiger partial charge in [0.15, 0.2) is 16.0 Å². The van der Waals surface area contributed by atoms with Crippen molar-refractivity contribution in [3.8, 4) is 0 Å². The molecule has 2 N–H and O–H groups in total. The Kier molecular flexibility index (Phi) is 10.0. The molecule has 0 radical (unpaired) electrons. The summed E-state index contributed by atoms with van der Waals surface area (Å²) < 4.78 is 31.5. The lowest BCUT2D eigenvalue weighted by Gasteiger charge is -2.28. The monoisotopic (exact) mass is 570 g/mol. The van der Waals surface area contributed by atoms with Crippen molar-refractivity contribution in [2.24, 2.45) is 10.9 Å². The van der Waals surface area contributed by atoms with Crippen molar-refractivity contribution in [1.29, 1.82) is 0 Å². The maximum absolute atomic E-state index is 13.4. The number of nitrogens with one attached hydrogen (secondary N) is 2. The van der Waals surface area contributed by atoms with Gasteiger partial charge in [-0.3, -0.25) is 14.4 Å². The van der Waals surface area contributed by atoms with Crippen LogP contribution in [0.1, 0.15) is 37.1 Å². The van der Waals surface area contributed by atoms with Gasteiger partial charge in [-0.2, -0.15) is 0 Å². The number of hydrogen-bond donors (Lipinski definition) is 2. The molecular weight excluding hydrogens is 536 g/mol. The van der Waals surface area contributed by atoms with Gasteiger partial charge >= 0.3 is 0 Å². The Balaban J connectivity index is 1.47. The topological polar surface area (TPSA) is 143 Å². The highest BCUT2D eigenvalue weighted by Crippen LogP contribution is 2.20. The molecule has 2 amide bonds. The summed E-state index contributed by atoms with van der Waals surface area (Å²) in [6.45, 7) is 3.20. The minimum Gasteiger partial charge on any atom is -0.382 e. The molecule has 4 rings (SSSR count). The molecule has 1 unspecified atom stereocenters. The highest BCUT2D eigenvalue weighted by molar-refractivity contribution is 7.90. The van der Waals surface area contributed by atoms with Gasteiger partial charge in [0, 0.05) is 19.5 Å². The summed E-state index contributed by atoms with van der Waals surface area (Å²) in [5.41, 5.74) is 4.08. The first kappa shape index (κ1) is 29.4. The fourth-order valence-corrected chi connectivity index (χ4v) is 6.24. The van der Waals surface area contributed by atoms with Gasteiger partial charge < -0.3 is 19.8 Å². The van der Waals surface area contributed by atoms with Gasteiger partial charge in [-0.25, -0.2) is 13.4 Å². The van der Waals surface area contributed by atoms with Crippen LogP contribution in [0, 0.1) is 5.92 Å². The molecule has 40 heavy (non-hydrogen) atoms. The van der Waals surface area contributed by atoms with E-state index in [1.807, 2.05) is 30.3 Å². The molecule has 214 valence electrons. The number of rotatable bonds is 12. The number of benzene rings is 2. The first-order chi connectivity index (χ1) is 19.3. The number of hydrogen-bond acceptors (Lipinski definition) is 9. The molecule has 2 aromatic carbocycles. The smallest absolute Gasteiger partial charge is 0.281 e. The number of ether oxygens (including phenoxy) is 1. The number of Topliss-reactive ketones (excluding diaryl/α,β-unsaturated/α-hetero) is 1. The van der Waals surface area contributed by atoms with E-state index in [0.717, 1.165) is 5.56 Å². The molecule has 2 aliphatic heterocycles. The third kappa shape index (κ3) is 7.96. The SMILES string of the molecule is CC[C@H](NC(=O)[C@@H](CC(=O)N1CCOCC1)CS(=O)(=O)Cc1ccccc1)C(=O)C1=NC(c2ccccc2)NO1. The molecule has 1 saturated heterocycles. The summed E-state index contributed by atoms with van der Waals surface area (Å²) in [7, 11) is -3.77. The van der Waals surface area contributed by atoms with Crippen molar-refractivity contribution in [3.05, 3.63) is 71.8 Å². The molecule has 0 saturated carbocycles. The van der Waals surface area contributed by atoms with Gasteiger partial charge in [-0.1, -0.05) is 67.6 Å². The predicted octanol–water partition coefficient (Wildman–Crippen LogP) is 1.56. The first-order valence-corrected chi connectivity index (χ1v) is 15.1. The first-order valence-electron chi connectivity index (χ1n) is 13.3. The summed E-state index contributed by atoms with van der Waals surface area (Å²) in [4.78, 5) is 50.8. The second-order valence-electron chi connectivity index (χ2n) is 9.74. The van der Waals surface area contributed by atoms with E-state index < -0.39 is 45.4 Å². The average molecular weight is 571 g/mol. The van der Waals surface area contributed by atoms with E-state index in [9.17, 15) is 22.8 Å². The molecule has 1 fully saturated rings. The molecule has 0 aromatic heterocycles. The Bertz CT molecular complexity index is 1310. The zero-order valence-corrected chi connectivity index (χ0v) is 23.1. The van der Waals surface area contributed by atoms with Crippen LogP contribution in [0.3, 0.4) is 0 Å². The zero-order valence-electron chi connectivity index (χ0n) is 22.3. The Labute approximate surface area is 233 Å². The van der Waals surface area contributed by atoms with Crippen LogP contribution in [0.2, 0.25) is 0 Å². The molecule has 2 aromatic rings. The fraction of sp³-hybridized carbons (Fsp3) is 0.429. The Morgan fingerprint density at radius 1 is 1.05 bits per heavy atom. The molecule has 11 nitrogen and oxygen atoms in total. The summed E-state index contributed by atoms with van der Waals surface area (Å²) >= 11 is 0. The summed E-state index contributed by atoms with van der Waals surface area (Å²) in [6.07, 6.45) is -0.668. The van der Waals surface area contributed by atoms with E-state index in [-0.39, 0.29) is 30.4 Å². The van der Waals surface area contributed by atoms with Crippen LogP contribution < -0.4 is 10.8 Å². The molecule has 3 atom stereocenters. The van der Waals surface area contributed by atoms with Gasteiger partial charge in [0.2, 0.25) is 17.6 Å². The maximum atomic E-state index is 13.4. The molecule has 12 heteroatoms. The highest BCUT2D eigenvalue weighted by Gasteiger charge is 2.35. The molecule has 2 aliphatic rings. The Hall–Kier alpha value is -3.61. The third-order valence-electron chi connectivity index (χ3n) is 6.72. The number of aliphatic imine (C=N–C) groups is 1. The van der Waals surface area contributed by atoms with Gasteiger partial charge in [-0.05, 0) is 17.5 Å². The van der Waals surface area contributed by atoms with E-state index in [4.69, 9.17) is 9.57 Å². The minimum absolute atomic E-state index is 0.182.